The lowest BCUT2D eigenvalue weighted by molar-refractivity contribution is 0.576. The number of rotatable bonds is 10. The Morgan fingerprint density at radius 2 is 1.68 bits per heavy atom. The standard InChI is InChI=1S/C20H30N2/c1-3-5-9-16-22-17-19(21-20(22)11-4-2)15-10-14-18-12-7-6-8-13-18/h6-8,12-13,17H,3-5,9-11,14-16H2,1-2H3. The van der Waals surface area contributed by atoms with Gasteiger partial charge in [-0.3, -0.25) is 0 Å². The van der Waals surface area contributed by atoms with Crippen molar-refractivity contribution in [2.24, 2.45) is 0 Å². The second kappa shape index (κ2) is 9.45. The van der Waals surface area contributed by atoms with Gasteiger partial charge in [0, 0.05) is 19.2 Å². The molecule has 2 rings (SSSR count). The number of benzene rings is 1. The number of hydrogen-bond acceptors (Lipinski definition) is 1. The molecule has 0 aliphatic carbocycles. The van der Waals surface area contributed by atoms with E-state index in [0.717, 1.165) is 25.8 Å². The predicted octanol–water partition coefficient (Wildman–Crippen LogP) is 5.20. The second-order valence-corrected chi connectivity index (χ2v) is 6.14. The van der Waals surface area contributed by atoms with E-state index in [0.29, 0.717) is 0 Å². The van der Waals surface area contributed by atoms with E-state index in [1.807, 2.05) is 0 Å². The maximum absolute atomic E-state index is 4.87. The molecule has 1 aromatic heterocycles. The SMILES string of the molecule is CCCCCn1cc(CCCc2ccccc2)nc1CCC. The van der Waals surface area contributed by atoms with Gasteiger partial charge in [-0.2, -0.15) is 0 Å². The van der Waals surface area contributed by atoms with Crippen LogP contribution in [0, 0.1) is 0 Å². The first kappa shape index (κ1) is 16.8. The van der Waals surface area contributed by atoms with Crippen LogP contribution in [0.15, 0.2) is 36.5 Å². The first-order chi connectivity index (χ1) is 10.8. The first-order valence-corrected chi connectivity index (χ1v) is 8.92. The van der Waals surface area contributed by atoms with E-state index in [4.69, 9.17) is 4.98 Å². The summed E-state index contributed by atoms with van der Waals surface area (Å²) >= 11 is 0. The molecule has 2 aromatic rings. The molecule has 0 fully saturated rings. The van der Waals surface area contributed by atoms with Crippen molar-refractivity contribution in [1.29, 1.82) is 0 Å². The lowest BCUT2D eigenvalue weighted by Crippen LogP contribution is -2.02. The highest BCUT2D eigenvalue weighted by Crippen LogP contribution is 2.12. The van der Waals surface area contributed by atoms with Crippen molar-refractivity contribution in [2.75, 3.05) is 0 Å². The van der Waals surface area contributed by atoms with Gasteiger partial charge >= 0.3 is 0 Å². The van der Waals surface area contributed by atoms with E-state index in [1.165, 1.54) is 49.2 Å². The van der Waals surface area contributed by atoms with Crippen molar-refractivity contribution >= 4 is 0 Å². The number of hydrogen-bond donors (Lipinski definition) is 0. The van der Waals surface area contributed by atoms with Crippen LogP contribution in [0.1, 0.15) is 63.0 Å². The molecule has 0 bridgehead atoms. The Bertz CT molecular complexity index is 528. The average Bonchev–Trinajstić information content (AvgIpc) is 2.91. The maximum atomic E-state index is 4.87. The van der Waals surface area contributed by atoms with Gasteiger partial charge in [-0.15, -0.1) is 0 Å². The fourth-order valence-corrected chi connectivity index (χ4v) is 2.90. The molecular weight excluding hydrogens is 268 g/mol. The number of nitrogens with zero attached hydrogens (tertiary/aromatic N) is 2. The molecule has 0 unspecified atom stereocenters. The van der Waals surface area contributed by atoms with Crippen molar-refractivity contribution in [2.45, 2.75) is 71.8 Å². The largest absolute Gasteiger partial charge is 0.335 e. The minimum absolute atomic E-state index is 1.09. The lowest BCUT2D eigenvalue weighted by atomic mass is 10.1. The van der Waals surface area contributed by atoms with Crippen molar-refractivity contribution < 1.29 is 0 Å². The summed E-state index contributed by atoms with van der Waals surface area (Å²) in [6.07, 6.45) is 11.9. The molecule has 1 aromatic carbocycles. The van der Waals surface area contributed by atoms with Crippen molar-refractivity contribution in [1.82, 2.24) is 9.55 Å². The summed E-state index contributed by atoms with van der Waals surface area (Å²) in [7, 11) is 0. The van der Waals surface area contributed by atoms with Crippen LogP contribution in [0.4, 0.5) is 0 Å². The van der Waals surface area contributed by atoms with Crippen molar-refractivity contribution in [3.05, 3.63) is 53.6 Å². The summed E-state index contributed by atoms with van der Waals surface area (Å²) in [5, 5.41) is 0. The van der Waals surface area contributed by atoms with Crippen LogP contribution in [-0.4, -0.2) is 9.55 Å². The molecule has 0 aliphatic heterocycles. The van der Waals surface area contributed by atoms with Gasteiger partial charge in [0.1, 0.15) is 5.82 Å². The minimum Gasteiger partial charge on any atom is -0.335 e. The molecule has 0 radical (unpaired) electrons. The second-order valence-electron chi connectivity index (χ2n) is 6.14. The summed E-state index contributed by atoms with van der Waals surface area (Å²) < 4.78 is 2.40. The summed E-state index contributed by atoms with van der Waals surface area (Å²) in [6, 6.07) is 10.8. The minimum atomic E-state index is 1.09. The number of aryl methyl sites for hydroxylation is 4. The number of aromatic nitrogens is 2. The van der Waals surface area contributed by atoms with Gasteiger partial charge in [0.2, 0.25) is 0 Å². The molecule has 0 N–H and O–H groups in total. The van der Waals surface area contributed by atoms with Crippen LogP contribution < -0.4 is 0 Å². The van der Waals surface area contributed by atoms with E-state index >= 15 is 0 Å². The van der Waals surface area contributed by atoms with Gasteiger partial charge in [-0.25, -0.2) is 4.98 Å². The Hall–Kier alpha value is -1.57. The van der Waals surface area contributed by atoms with Crippen LogP contribution >= 0.6 is 0 Å². The molecule has 22 heavy (non-hydrogen) atoms. The molecule has 0 aliphatic rings. The average molecular weight is 298 g/mol. The van der Waals surface area contributed by atoms with E-state index < -0.39 is 0 Å². The lowest BCUT2D eigenvalue weighted by Gasteiger charge is -2.05. The highest BCUT2D eigenvalue weighted by molar-refractivity contribution is 5.15. The Morgan fingerprint density at radius 1 is 0.864 bits per heavy atom. The molecule has 2 nitrogen and oxygen atoms in total. The van der Waals surface area contributed by atoms with Crippen LogP contribution in [0.5, 0.6) is 0 Å². The van der Waals surface area contributed by atoms with Gasteiger partial charge in [-0.1, -0.05) is 57.0 Å². The van der Waals surface area contributed by atoms with Gasteiger partial charge in [0.05, 0.1) is 5.69 Å². The van der Waals surface area contributed by atoms with Crippen LogP contribution in [0.3, 0.4) is 0 Å². The zero-order valence-corrected chi connectivity index (χ0v) is 14.2. The summed E-state index contributed by atoms with van der Waals surface area (Å²) in [4.78, 5) is 4.87. The van der Waals surface area contributed by atoms with Gasteiger partial charge in [0.25, 0.3) is 0 Å². The predicted molar refractivity (Wildman–Crippen MR) is 94.2 cm³/mol. The monoisotopic (exact) mass is 298 g/mol. The molecular formula is C20H30N2. The third-order valence-electron chi connectivity index (χ3n) is 4.13. The molecule has 0 saturated heterocycles. The van der Waals surface area contributed by atoms with Crippen LogP contribution in [0.2, 0.25) is 0 Å². The Labute approximate surface area is 135 Å². The topological polar surface area (TPSA) is 17.8 Å². The van der Waals surface area contributed by atoms with E-state index in [1.54, 1.807) is 0 Å². The summed E-state index contributed by atoms with van der Waals surface area (Å²) in [6.45, 7) is 5.63. The van der Waals surface area contributed by atoms with E-state index in [9.17, 15) is 0 Å². The van der Waals surface area contributed by atoms with E-state index in [2.05, 4.69) is 54.9 Å². The zero-order valence-electron chi connectivity index (χ0n) is 14.2. The quantitative estimate of drug-likeness (QED) is 0.551. The molecule has 0 saturated carbocycles. The summed E-state index contributed by atoms with van der Waals surface area (Å²) in [5.41, 5.74) is 2.70. The molecule has 120 valence electrons. The number of imidazole rings is 1. The molecule has 0 atom stereocenters. The first-order valence-electron chi connectivity index (χ1n) is 8.92. The van der Waals surface area contributed by atoms with Gasteiger partial charge in [-0.05, 0) is 37.7 Å². The Morgan fingerprint density at radius 3 is 2.41 bits per heavy atom. The normalized spacial score (nSPS) is 11.0. The zero-order chi connectivity index (χ0) is 15.6. The third kappa shape index (κ3) is 5.32. The summed E-state index contributed by atoms with van der Waals surface area (Å²) in [5.74, 6) is 1.29. The maximum Gasteiger partial charge on any atom is 0.108 e. The van der Waals surface area contributed by atoms with Gasteiger partial charge < -0.3 is 4.57 Å². The van der Waals surface area contributed by atoms with Crippen LogP contribution in [-0.2, 0) is 25.8 Å². The smallest absolute Gasteiger partial charge is 0.108 e. The highest BCUT2D eigenvalue weighted by atomic mass is 15.1. The Balaban J connectivity index is 1.88. The fourth-order valence-electron chi connectivity index (χ4n) is 2.90. The van der Waals surface area contributed by atoms with Gasteiger partial charge in [0.15, 0.2) is 0 Å². The third-order valence-corrected chi connectivity index (χ3v) is 4.13. The fraction of sp³-hybridized carbons (Fsp3) is 0.550. The molecule has 0 amide bonds. The van der Waals surface area contributed by atoms with E-state index in [-0.39, 0.29) is 0 Å². The Kier molecular flexibility index (Phi) is 7.21. The van der Waals surface area contributed by atoms with Crippen molar-refractivity contribution in [3.8, 4) is 0 Å². The number of unbranched alkanes of at least 4 members (excludes halogenated alkanes) is 2. The molecule has 2 heteroatoms. The van der Waals surface area contributed by atoms with Crippen LogP contribution in [0.25, 0.3) is 0 Å². The molecule has 0 spiro atoms. The molecule has 1 heterocycles. The highest BCUT2D eigenvalue weighted by Gasteiger charge is 2.07. The van der Waals surface area contributed by atoms with Crippen molar-refractivity contribution in [3.63, 3.8) is 0 Å².